The summed E-state index contributed by atoms with van der Waals surface area (Å²) in [5.41, 5.74) is 9.96. The van der Waals surface area contributed by atoms with Gasteiger partial charge in [-0.1, -0.05) is 74.5 Å². The third kappa shape index (κ3) is 7.92. The number of anilines is 2. The number of benzene rings is 2. The molecule has 2 atom stereocenters. The van der Waals surface area contributed by atoms with Gasteiger partial charge in [0.25, 0.3) is 0 Å². The van der Waals surface area contributed by atoms with Crippen LogP contribution in [0.5, 0.6) is 0 Å². The van der Waals surface area contributed by atoms with E-state index in [1.165, 1.54) is 11.1 Å². The van der Waals surface area contributed by atoms with E-state index in [2.05, 4.69) is 82.6 Å². The zero-order chi connectivity index (χ0) is 28.0. The molecule has 0 amide bonds. The maximum absolute atomic E-state index is 14.4. The zero-order valence-corrected chi connectivity index (χ0v) is 24.5. The number of nitrogen functional groups attached to an aromatic ring is 1. The summed E-state index contributed by atoms with van der Waals surface area (Å²) in [6.07, 6.45) is 7.48. The topological polar surface area (TPSA) is 108 Å². The Labute approximate surface area is 237 Å². The zero-order valence-electron chi connectivity index (χ0n) is 23.6. The SMILES string of the molecule is CC(Cc1ccccc1)CP(=O)(COCCn1cnc2c(NC3CC3)nc(N)nc21)CC(C)Cc1ccccc1. The summed E-state index contributed by atoms with van der Waals surface area (Å²) in [6, 6.07) is 21.4. The van der Waals surface area contributed by atoms with Crippen LogP contribution in [0, 0.1) is 11.8 Å². The average Bonchev–Trinajstić information content (AvgIpc) is 3.64. The summed E-state index contributed by atoms with van der Waals surface area (Å²) in [7, 11) is -2.59. The minimum absolute atomic E-state index is 0.225. The smallest absolute Gasteiger partial charge is 0.224 e. The van der Waals surface area contributed by atoms with Crippen LogP contribution in [0.2, 0.25) is 0 Å². The number of aromatic nitrogens is 4. The van der Waals surface area contributed by atoms with Gasteiger partial charge in [-0.15, -0.1) is 0 Å². The Morgan fingerprint density at radius 3 is 2.15 bits per heavy atom. The highest BCUT2D eigenvalue weighted by Gasteiger charge is 2.28. The first kappa shape index (κ1) is 28.3. The van der Waals surface area contributed by atoms with Crippen molar-refractivity contribution in [3.05, 3.63) is 78.1 Å². The van der Waals surface area contributed by atoms with Crippen molar-refractivity contribution >= 4 is 30.1 Å². The maximum atomic E-state index is 14.4. The molecule has 2 aromatic carbocycles. The second kappa shape index (κ2) is 13.0. The van der Waals surface area contributed by atoms with E-state index in [1.54, 1.807) is 6.33 Å². The molecule has 0 bridgehead atoms. The number of rotatable bonds is 15. The van der Waals surface area contributed by atoms with Crippen LogP contribution in [-0.4, -0.2) is 50.8 Å². The van der Waals surface area contributed by atoms with Crippen molar-refractivity contribution in [1.29, 1.82) is 0 Å². The Morgan fingerprint density at radius 2 is 1.57 bits per heavy atom. The van der Waals surface area contributed by atoms with Crippen molar-refractivity contribution in [2.75, 3.05) is 36.3 Å². The van der Waals surface area contributed by atoms with E-state index < -0.39 is 7.14 Å². The lowest BCUT2D eigenvalue weighted by molar-refractivity contribution is 0.165. The molecule has 4 aromatic rings. The molecule has 1 saturated carbocycles. The summed E-state index contributed by atoms with van der Waals surface area (Å²) in [4.78, 5) is 13.3. The highest BCUT2D eigenvalue weighted by atomic mass is 31.2. The van der Waals surface area contributed by atoms with Gasteiger partial charge in [-0.25, -0.2) is 4.98 Å². The lowest BCUT2D eigenvalue weighted by atomic mass is 10.0. The van der Waals surface area contributed by atoms with Crippen molar-refractivity contribution < 1.29 is 9.30 Å². The van der Waals surface area contributed by atoms with Gasteiger partial charge in [0.2, 0.25) is 5.95 Å². The van der Waals surface area contributed by atoms with Crippen molar-refractivity contribution in [3.63, 3.8) is 0 Å². The van der Waals surface area contributed by atoms with E-state index in [4.69, 9.17) is 10.5 Å². The van der Waals surface area contributed by atoms with E-state index in [1.807, 2.05) is 16.7 Å². The molecule has 3 N–H and O–H groups in total. The van der Waals surface area contributed by atoms with Crippen LogP contribution in [0.15, 0.2) is 67.0 Å². The van der Waals surface area contributed by atoms with Crippen LogP contribution in [0.1, 0.15) is 37.8 Å². The van der Waals surface area contributed by atoms with Gasteiger partial charge in [0.1, 0.15) is 7.14 Å². The van der Waals surface area contributed by atoms with Gasteiger partial charge in [0.05, 0.1) is 19.3 Å². The maximum Gasteiger partial charge on any atom is 0.224 e. The number of nitrogens with zero attached hydrogens (tertiary/aromatic N) is 4. The molecule has 212 valence electrons. The first-order chi connectivity index (χ1) is 19.4. The van der Waals surface area contributed by atoms with Crippen molar-refractivity contribution in [3.8, 4) is 0 Å². The van der Waals surface area contributed by atoms with Gasteiger partial charge in [-0.3, -0.25) is 0 Å². The van der Waals surface area contributed by atoms with Crippen molar-refractivity contribution in [1.82, 2.24) is 19.5 Å². The molecule has 1 aliphatic rings. The highest BCUT2D eigenvalue weighted by Crippen LogP contribution is 2.49. The lowest BCUT2D eigenvalue weighted by Crippen LogP contribution is -2.17. The van der Waals surface area contributed by atoms with Crippen LogP contribution in [-0.2, 0) is 28.7 Å². The minimum atomic E-state index is -2.59. The summed E-state index contributed by atoms with van der Waals surface area (Å²) < 4.78 is 22.5. The average molecular weight is 561 g/mol. The fourth-order valence-corrected chi connectivity index (χ4v) is 8.87. The fraction of sp³-hybridized carbons (Fsp3) is 0.452. The van der Waals surface area contributed by atoms with Crippen molar-refractivity contribution in [2.24, 2.45) is 11.8 Å². The highest BCUT2D eigenvalue weighted by molar-refractivity contribution is 7.63. The fourth-order valence-electron chi connectivity index (χ4n) is 5.52. The molecule has 9 heteroatoms. The molecule has 0 spiro atoms. The number of hydrogen-bond donors (Lipinski definition) is 2. The van der Waals surface area contributed by atoms with Crippen molar-refractivity contribution in [2.45, 2.75) is 52.1 Å². The van der Waals surface area contributed by atoms with E-state index in [9.17, 15) is 4.57 Å². The molecule has 5 rings (SSSR count). The Morgan fingerprint density at radius 1 is 0.975 bits per heavy atom. The van der Waals surface area contributed by atoms with E-state index >= 15 is 0 Å². The predicted molar refractivity (Wildman–Crippen MR) is 163 cm³/mol. The predicted octanol–water partition coefficient (Wildman–Crippen LogP) is 6.08. The molecular formula is C31H41N6O2P. The van der Waals surface area contributed by atoms with Gasteiger partial charge < -0.3 is 24.9 Å². The molecule has 0 aliphatic heterocycles. The largest absolute Gasteiger partial charge is 0.372 e. The molecule has 2 heterocycles. The molecular weight excluding hydrogens is 519 g/mol. The lowest BCUT2D eigenvalue weighted by Gasteiger charge is -2.25. The third-order valence-electron chi connectivity index (χ3n) is 7.35. The minimum Gasteiger partial charge on any atom is -0.372 e. The first-order valence-electron chi connectivity index (χ1n) is 14.3. The van der Waals surface area contributed by atoms with Crippen LogP contribution < -0.4 is 11.1 Å². The second-order valence-corrected chi connectivity index (χ2v) is 14.6. The molecule has 2 unspecified atom stereocenters. The van der Waals surface area contributed by atoms with Gasteiger partial charge >= 0.3 is 0 Å². The first-order valence-corrected chi connectivity index (χ1v) is 16.6. The Balaban J connectivity index is 1.22. The normalized spacial score (nSPS) is 16.4. The Kier molecular flexibility index (Phi) is 9.18. The van der Waals surface area contributed by atoms with Crippen LogP contribution in [0.3, 0.4) is 0 Å². The summed E-state index contributed by atoms with van der Waals surface area (Å²) >= 11 is 0. The third-order valence-corrected chi connectivity index (χ3v) is 10.6. The number of nitrogens with two attached hydrogens (primary N) is 1. The standard InChI is InChI=1S/C31H41N6O2P/c1-23(17-25-9-5-3-6-10-25)19-40(38,20-24(2)18-26-11-7-4-8-12-26)22-39-16-15-37-21-33-28-29(34-27-13-14-27)35-31(32)36-30(28)37/h3-12,21,23-24,27H,13-20,22H2,1-2H3,(H3,32,34,35,36). The van der Waals surface area contributed by atoms with Crippen LogP contribution in [0.4, 0.5) is 11.8 Å². The summed E-state index contributed by atoms with van der Waals surface area (Å²) in [6.45, 7) is 5.38. The van der Waals surface area contributed by atoms with Gasteiger partial charge in [0, 0.05) is 24.9 Å². The Bertz CT molecular complexity index is 1370. The molecule has 1 aliphatic carbocycles. The molecule has 0 radical (unpaired) electrons. The van der Waals surface area contributed by atoms with Gasteiger partial charge in [0.15, 0.2) is 17.0 Å². The molecule has 1 fully saturated rings. The van der Waals surface area contributed by atoms with E-state index in [0.717, 1.165) is 31.2 Å². The van der Waals surface area contributed by atoms with Crippen LogP contribution >= 0.6 is 7.14 Å². The van der Waals surface area contributed by atoms with Gasteiger partial charge in [-0.05, 0) is 48.6 Å². The van der Waals surface area contributed by atoms with Crippen LogP contribution in [0.25, 0.3) is 11.2 Å². The number of fused-ring (bicyclic) bond motifs is 1. The number of nitrogens with one attached hydrogen (secondary N) is 1. The summed E-state index contributed by atoms with van der Waals surface area (Å²) in [5.74, 6) is 1.52. The molecule has 2 aromatic heterocycles. The number of ether oxygens (including phenoxy) is 1. The van der Waals surface area contributed by atoms with Gasteiger partial charge in [-0.2, -0.15) is 9.97 Å². The Hall–Kier alpha value is -3.22. The second-order valence-electron chi connectivity index (χ2n) is 11.5. The number of hydrogen-bond acceptors (Lipinski definition) is 7. The monoisotopic (exact) mass is 560 g/mol. The molecule has 8 nitrogen and oxygen atoms in total. The summed E-state index contributed by atoms with van der Waals surface area (Å²) in [5, 5.41) is 3.40. The molecule has 40 heavy (non-hydrogen) atoms. The quantitative estimate of drug-likeness (QED) is 0.134. The molecule has 0 saturated heterocycles. The van der Waals surface area contributed by atoms with E-state index in [-0.39, 0.29) is 12.3 Å². The van der Waals surface area contributed by atoms with E-state index in [0.29, 0.717) is 54.8 Å². The number of imidazole rings is 1.